The molecule has 4 heteroatoms. The first kappa shape index (κ1) is 14.1. The van der Waals surface area contributed by atoms with E-state index in [2.05, 4.69) is 21.2 Å². The fourth-order valence-electron chi connectivity index (χ4n) is 1.71. The standard InChI is InChI=1S/C15H13BrClNO/c1-9-3-5-11(17)7-13(9)15(19)18-12-6-4-10(2)14(16)8-12/h3-8H,1-2H3,(H,18,19). The van der Waals surface area contributed by atoms with Crippen LogP contribution < -0.4 is 5.32 Å². The number of rotatable bonds is 2. The van der Waals surface area contributed by atoms with Crippen molar-refractivity contribution in [2.75, 3.05) is 5.32 Å². The average Bonchev–Trinajstić information content (AvgIpc) is 2.36. The van der Waals surface area contributed by atoms with E-state index < -0.39 is 0 Å². The first-order valence-electron chi connectivity index (χ1n) is 5.81. The number of aryl methyl sites for hydroxylation is 2. The van der Waals surface area contributed by atoms with E-state index in [1.165, 1.54) is 0 Å². The number of benzene rings is 2. The number of amides is 1. The topological polar surface area (TPSA) is 29.1 Å². The van der Waals surface area contributed by atoms with Crippen LogP contribution in [0.3, 0.4) is 0 Å². The Morgan fingerprint density at radius 3 is 2.47 bits per heavy atom. The number of nitrogens with one attached hydrogen (secondary N) is 1. The van der Waals surface area contributed by atoms with Gasteiger partial charge in [0.05, 0.1) is 0 Å². The molecule has 1 N–H and O–H groups in total. The number of halogens is 2. The summed E-state index contributed by atoms with van der Waals surface area (Å²) in [5.74, 6) is -0.157. The Bertz CT molecular complexity index is 640. The van der Waals surface area contributed by atoms with E-state index >= 15 is 0 Å². The Morgan fingerprint density at radius 2 is 1.79 bits per heavy atom. The van der Waals surface area contributed by atoms with Crippen molar-refractivity contribution in [3.05, 3.63) is 62.6 Å². The number of hydrogen-bond acceptors (Lipinski definition) is 1. The molecule has 0 aromatic heterocycles. The number of carbonyl (C=O) groups is 1. The normalized spacial score (nSPS) is 10.3. The molecule has 2 aromatic rings. The first-order chi connectivity index (χ1) is 8.97. The first-order valence-corrected chi connectivity index (χ1v) is 6.98. The predicted molar refractivity (Wildman–Crippen MR) is 83.0 cm³/mol. The van der Waals surface area contributed by atoms with Crippen LogP contribution >= 0.6 is 27.5 Å². The molecule has 0 fully saturated rings. The van der Waals surface area contributed by atoms with Crippen molar-refractivity contribution in [3.8, 4) is 0 Å². The van der Waals surface area contributed by atoms with Crippen molar-refractivity contribution in [1.29, 1.82) is 0 Å². The Kier molecular flexibility index (Phi) is 4.27. The fourth-order valence-corrected chi connectivity index (χ4v) is 2.26. The van der Waals surface area contributed by atoms with Crippen molar-refractivity contribution < 1.29 is 4.79 Å². The van der Waals surface area contributed by atoms with E-state index in [-0.39, 0.29) is 5.91 Å². The Balaban J connectivity index is 2.25. The molecular weight excluding hydrogens is 326 g/mol. The second-order valence-corrected chi connectivity index (χ2v) is 5.67. The van der Waals surface area contributed by atoms with Gasteiger partial charge in [0.25, 0.3) is 5.91 Å². The highest BCUT2D eigenvalue weighted by atomic mass is 79.9. The van der Waals surface area contributed by atoms with Crippen LogP contribution in [-0.4, -0.2) is 5.91 Å². The van der Waals surface area contributed by atoms with Gasteiger partial charge in [0.2, 0.25) is 0 Å². The van der Waals surface area contributed by atoms with Crippen molar-refractivity contribution in [1.82, 2.24) is 0 Å². The molecule has 0 saturated heterocycles. The highest BCUT2D eigenvalue weighted by Crippen LogP contribution is 2.22. The summed E-state index contributed by atoms with van der Waals surface area (Å²) in [6.45, 7) is 3.88. The molecule has 0 heterocycles. The molecule has 0 atom stereocenters. The van der Waals surface area contributed by atoms with Crippen molar-refractivity contribution in [2.24, 2.45) is 0 Å². The molecule has 0 saturated carbocycles. The molecule has 0 spiro atoms. The summed E-state index contributed by atoms with van der Waals surface area (Å²) in [6.07, 6.45) is 0. The molecular formula is C15H13BrClNO. The predicted octanol–water partition coefficient (Wildman–Crippen LogP) is 4.97. The van der Waals surface area contributed by atoms with Crippen LogP contribution in [-0.2, 0) is 0 Å². The highest BCUT2D eigenvalue weighted by Gasteiger charge is 2.10. The van der Waals surface area contributed by atoms with Gasteiger partial charge >= 0.3 is 0 Å². The molecule has 2 rings (SSSR count). The summed E-state index contributed by atoms with van der Waals surface area (Å²) in [6, 6.07) is 11.0. The minimum atomic E-state index is -0.157. The fraction of sp³-hybridized carbons (Fsp3) is 0.133. The lowest BCUT2D eigenvalue weighted by Gasteiger charge is -2.09. The van der Waals surface area contributed by atoms with Gasteiger partial charge in [0, 0.05) is 20.7 Å². The summed E-state index contributed by atoms with van der Waals surface area (Å²) in [4.78, 5) is 12.2. The van der Waals surface area contributed by atoms with Gasteiger partial charge in [-0.05, 0) is 49.2 Å². The summed E-state index contributed by atoms with van der Waals surface area (Å²) in [5, 5.41) is 3.42. The maximum atomic E-state index is 12.2. The molecule has 2 aromatic carbocycles. The van der Waals surface area contributed by atoms with E-state index in [0.717, 1.165) is 21.3 Å². The van der Waals surface area contributed by atoms with Crippen LogP contribution in [0.4, 0.5) is 5.69 Å². The Morgan fingerprint density at radius 1 is 1.11 bits per heavy atom. The second kappa shape index (κ2) is 5.76. The van der Waals surface area contributed by atoms with Crippen molar-refractivity contribution in [2.45, 2.75) is 13.8 Å². The lowest BCUT2D eigenvalue weighted by Crippen LogP contribution is -2.13. The largest absolute Gasteiger partial charge is 0.322 e. The number of carbonyl (C=O) groups excluding carboxylic acids is 1. The van der Waals surface area contributed by atoms with Gasteiger partial charge in [-0.1, -0.05) is 39.7 Å². The van der Waals surface area contributed by atoms with E-state index in [1.54, 1.807) is 12.1 Å². The third kappa shape index (κ3) is 3.37. The molecule has 0 radical (unpaired) electrons. The van der Waals surface area contributed by atoms with Gasteiger partial charge in [0.1, 0.15) is 0 Å². The van der Waals surface area contributed by atoms with E-state index in [4.69, 9.17) is 11.6 Å². The minimum absolute atomic E-state index is 0.157. The van der Waals surface area contributed by atoms with Crippen LogP contribution in [0, 0.1) is 13.8 Å². The Labute approximate surface area is 125 Å². The quantitative estimate of drug-likeness (QED) is 0.823. The molecule has 2 nitrogen and oxygen atoms in total. The van der Waals surface area contributed by atoms with Gasteiger partial charge in [-0.25, -0.2) is 0 Å². The van der Waals surface area contributed by atoms with Gasteiger partial charge < -0.3 is 5.32 Å². The molecule has 0 unspecified atom stereocenters. The highest BCUT2D eigenvalue weighted by molar-refractivity contribution is 9.10. The van der Waals surface area contributed by atoms with Gasteiger partial charge in [0.15, 0.2) is 0 Å². The van der Waals surface area contributed by atoms with Gasteiger partial charge in [-0.2, -0.15) is 0 Å². The van der Waals surface area contributed by atoms with Crippen LogP contribution in [0.1, 0.15) is 21.5 Å². The summed E-state index contributed by atoms with van der Waals surface area (Å²) in [7, 11) is 0. The summed E-state index contributed by atoms with van der Waals surface area (Å²) < 4.78 is 0.966. The zero-order valence-corrected chi connectivity index (χ0v) is 13.0. The van der Waals surface area contributed by atoms with Crippen LogP contribution in [0.15, 0.2) is 40.9 Å². The molecule has 0 aliphatic heterocycles. The molecule has 0 bridgehead atoms. The van der Waals surface area contributed by atoms with Crippen molar-refractivity contribution >= 4 is 39.1 Å². The van der Waals surface area contributed by atoms with E-state index in [9.17, 15) is 4.79 Å². The zero-order chi connectivity index (χ0) is 14.0. The van der Waals surface area contributed by atoms with Gasteiger partial charge in [-0.3, -0.25) is 4.79 Å². The monoisotopic (exact) mass is 337 g/mol. The maximum Gasteiger partial charge on any atom is 0.255 e. The third-order valence-corrected chi connectivity index (χ3v) is 3.96. The smallest absolute Gasteiger partial charge is 0.255 e. The number of hydrogen-bond donors (Lipinski definition) is 1. The minimum Gasteiger partial charge on any atom is -0.322 e. The number of anilines is 1. The maximum absolute atomic E-state index is 12.2. The summed E-state index contributed by atoms with van der Waals surface area (Å²) >= 11 is 9.37. The van der Waals surface area contributed by atoms with Crippen molar-refractivity contribution in [3.63, 3.8) is 0 Å². The summed E-state index contributed by atoms with van der Waals surface area (Å²) in [5.41, 5.74) is 3.36. The molecule has 19 heavy (non-hydrogen) atoms. The lowest BCUT2D eigenvalue weighted by atomic mass is 10.1. The molecule has 0 aliphatic rings. The molecule has 1 amide bonds. The van der Waals surface area contributed by atoms with Crippen LogP contribution in [0.25, 0.3) is 0 Å². The zero-order valence-electron chi connectivity index (χ0n) is 10.6. The molecule has 0 aliphatic carbocycles. The van der Waals surface area contributed by atoms with Crippen LogP contribution in [0.5, 0.6) is 0 Å². The average molecular weight is 339 g/mol. The molecule has 98 valence electrons. The lowest BCUT2D eigenvalue weighted by molar-refractivity contribution is 0.102. The van der Waals surface area contributed by atoms with Gasteiger partial charge in [-0.15, -0.1) is 0 Å². The van der Waals surface area contributed by atoms with E-state index in [0.29, 0.717) is 10.6 Å². The second-order valence-electron chi connectivity index (χ2n) is 4.38. The third-order valence-electron chi connectivity index (χ3n) is 2.87. The Hall–Kier alpha value is -1.32. The van der Waals surface area contributed by atoms with E-state index in [1.807, 2.05) is 38.1 Å². The van der Waals surface area contributed by atoms with Crippen LogP contribution in [0.2, 0.25) is 5.02 Å². The SMILES string of the molecule is Cc1ccc(NC(=O)c2cc(Cl)ccc2C)cc1Br.